The molecule has 14 heavy (non-hydrogen) atoms. The number of carbonyl (C=O) groups is 1. The summed E-state index contributed by atoms with van der Waals surface area (Å²) >= 11 is 3.18. The first-order valence-corrected chi connectivity index (χ1v) is 6.00. The van der Waals surface area contributed by atoms with Gasteiger partial charge in [-0.25, -0.2) is 4.98 Å². The van der Waals surface area contributed by atoms with Gasteiger partial charge in [0.05, 0.1) is 0 Å². The number of aryl methyl sites for hydroxylation is 1. The number of thiazole rings is 1. The Morgan fingerprint density at radius 2 is 2.14 bits per heavy atom. The molecule has 72 valence electrons. The predicted octanol–water partition coefficient (Wildman–Crippen LogP) is 3.38. The van der Waals surface area contributed by atoms with Crippen molar-refractivity contribution < 1.29 is 4.79 Å². The summed E-state index contributed by atoms with van der Waals surface area (Å²) in [4.78, 5) is 15.3. The SMILES string of the molecule is CC(=O)c1csc(-c2cscc2C)n1. The van der Waals surface area contributed by atoms with Gasteiger partial charge in [-0.2, -0.15) is 11.3 Å². The van der Waals surface area contributed by atoms with E-state index >= 15 is 0 Å². The highest BCUT2D eigenvalue weighted by atomic mass is 32.1. The van der Waals surface area contributed by atoms with Crippen LogP contribution in [0.5, 0.6) is 0 Å². The number of hydrogen-bond acceptors (Lipinski definition) is 4. The van der Waals surface area contributed by atoms with Gasteiger partial charge in [-0.05, 0) is 17.9 Å². The summed E-state index contributed by atoms with van der Waals surface area (Å²) < 4.78 is 0. The number of aromatic nitrogens is 1. The molecule has 0 aliphatic heterocycles. The van der Waals surface area contributed by atoms with Gasteiger partial charge in [0.1, 0.15) is 10.7 Å². The van der Waals surface area contributed by atoms with Crippen molar-refractivity contribution in [3.05, 3.63) is 27.4 Å². The first-order chi connectivity index (χ1) is 6.68. The molecule has 2 aromatic rings. The number of ketones is 1. The summed E-state index contributed by atoms with van der Waals surface area (Å²) in [6.07, 6.45) is 0. The fourth-order valence-electron chi connectivity index (χ4n) is 1.14. The molecule has 2 nitrogen and oxygen atoms in total. The number of rotatable bonds is 2. The van der Waals surface area contributed by atoms with Crippen LogP contribution in [0.4, 0.5) is 0 Å². The summed E-state index contributed by atoms with van der Waals surface area (Å²) in [6, 6.07) is 0. The van der Waals surface area contributed by atoms with Gasteiger partial charge in [0.25, 0.3) is 0 Å². The van der Waals surface area contributed by atoms with Crippen molar-refractivity contribution in [3.8, 4) is 10.6 Å². The largest absolute Gasteiger partial charge is 0.293 e. The molecule has 0 radical (unpaired) electrons. The molecule has 0 spiro atoms. The van der Waals surface area contributed by atoms with Gasteiger partial charge in [0.2, 0.25) is 0 Å². The Morgan fingerprint density at radius 3 is 2.64 bits per heavy atom. The topological polar surface area (TPSA) is 30.0 Å². The number of hydrogen-bond donors (Lipinski definition) is 0. The van der Waals surface area contributed by atoms with Gasteiger partial charge in [0, 0.05) is 23.2 Å². The standard InChI is InChI=1S/C10H9NOS2/c1-6-3-13-4-8(6)10-11-9(5-14-10)7(2)12/h3-5H,1-2H3. The Labute approximate surface area is 90.2 Å². The lowest BCUT2D eigenvalue weighted by atomic mass is 10.2. The molecule has 0 saturated heterocycles. The lowest BCUT2D eigenvalue weighted by molar-refractivity contribution is 0.101. The highest BCUT2D eigenvalue weighted by Crippen LogP contribution is 2.29. The first-order valence-electron chi connectivity index (χ1n) is 4.18. The van der Waals surface area contributed by atoms with Crippen molar-refractivity contribution in [2.24, 2.45) is 0 Å². The molecule has 2 aromatic heterocycles. The van der Waals surface area contributed by atoms with E-state index in [9.17, 15) is 4.79 Å². The van der Waals surface area contributed by atoms with E-state index in [1.54, 1.807) is 18.3 Å². The second kappa shape index (κ2) is 3.63. The van der Waals surface area contributed by atoms with Crippen LogP contribution in [0.2, 0.25) is 0 Å². The van der Waals surface area contributed by atoms with Crippen molar-refractivity contribution in [2.75, 3.05) is 0 Å². The van der Waals surface area contributed by atoms with Gasteiger partial charge < -0.3 is 0 Å². The van der Waals surface area contributed by atoms with Crippen molar-refractivity contribution >= 4 is 28.5 Å². The van der Waals surface area contributed by atoms with Crippen molar-refractivity contribution in [3.63, 3.8) is 0 Å². The zero-order chi connectivity index (χ0) is 10.1. The van der Waals surface area contributed by atoms with Crippen LogP contribution in [0.25, 0.3) is 10.6 Å². The average Bonchev–Trinajstić information content (AvgIpc) is 2.71. The molecule has 2 heterocycles. The van der Waals surface area contributed by atoms with Crippen LogP contribution in [0, 0.1) is 6.92 Å². The highest BCUT2D eigenvalue weighted by Gasteiger charge is 2.09. The molecule has 0 unspecified atom stereocenters. The van der Waals surface area contributed by atoms with Crippen LogP contribution in [-0.2, 0) is 0 Å². The van der Waals surface area contributed by atoms with Crippen LogP contribution in [0.1, 0.15) is 23.0 Å². The van der Waals surface area contributed by atoms with E-state index in [1.807, 2.05) is 5.38 Å². The van der Waals surface area contributed by atoms with E-state index in [0.717, 1.165) is 10.6 Å². The molecule has 2 rings (SSSR count). The second-order valence-electron chi connectivity index (χ2n) is 3.06. The quantitative estimate of drug-likeness (QED) is 0.730. The lowest BCUT2D eigenvalue weighted by Gasteiger charge is -1.91. The molecular formula is C10H9NOS2. The maximum atomic E-state index is 11.1. The van der Waals surface area contributed by atoms with E-state index in [-0.39, 0.29) is 5.78 Å². The zero-order valence-electron chi connectivity index (χ0n) is 7.90. The number of Topliss-reactive ketones (excluding diaryl/α,β-unsaturated/α-hetero) is 1. The summed E-state index contributed by atoms with van der Waals surface area (Å²) in [5, 5.41) is 6.91. The third-order valence-electron chi connectivity index (χ3n) is 1.95. The third-order valence-corrected chi connectivity index (χ3v) is 3.69. The maximum Gasteiger partial charge on any atom is 0.178 e. The third kappa shape index (κ3) is 1.63. The van der Waals surface area contributed by atoms with Crippen LogP contribution < -0.4 is 0 Å². The van der Waals surface area contributed by atoms with Gasteiger partial charge in [-0.1, -0.05) is 0 Å². The second-order valence-corrected chi connectivity index (χ2v) is 4.66. The zero-order valence-corrected chi connectivity index (χ0v) is 9.54. The lowest BCUT2D eigenvalue weighted by Crippen LogP contribution is -1.91. The Hall–Kier alpha value is -1.00. The summed E-state index contributed by atoms with van der Waals surface area (Å²) in [5.41, 5.74) is 2.93. The van der Waals surface area contributed by atoms with Gasteiger partial charge >= 0.3 is 0 Å². The molecule has 0 atom stereocenters. The van der Waals surface area contributed by atoms with Crippen LogP contribution in [0.3, 0.4) is 0 Å². The molecule has 0 fully saturated rings. The fraction of sp³-hybridized carbons (Fsp3) is 0.200. The first kappa shape index (κ1) is 9.55. The number of nitrogens with zero attached hydrogens (tertiary/aromatic N) is 1. The van der Waals surface area contributed by atoms with Crippen LogP contribution in [0.15, 0.2) is 16.1 Å². The molecule has 0 bridgehead atoms. The van der Waals surface area contributed by atoms with E-state index in [4.69, 9.17) is 0 Å². The number of carbonyl (C=O) groups excluding carboxylic acids is 1. The Morgan fingerprint density at radius 1 is 1.36 bits per heavy atom. The molecule has 0 N–H and O–H groups in total. The maximum absolute atomic E-state index is 11.1. The average molecular weight is 223 g/mol. The Bertz CT molecular complexity index is 470. The van der Waals surface area contributed by atoms with Gasteiger partial charge in [-0.15, -0.1) is 11.3 Å². The molecule has 0 aliphatic rings. The predicted molar refractivity (Wildman–Crippen MR) is 60.2 cm³/mol. The molecular weight excluding hydrogens is 214 g/mol. The summed E-state index contributed by atoms with van der Waals surface area (Å²) in [7, 11) is 0. The Balaban J connectivity index is 2.43. The smallest absolute Gasteiger partial charge is 0.178 e. The van der Waals surface area contributed by atoms with Gasteiger partial charge in [0.15, 0.2) is 5.78 Å². The van der Waals surface area contributed by atoms with Gasteiger partial charge in [-0.3, -0.25) is 4.79 Å². The summed E-state index contributed by atoms with van der Waals surface area (Å²) in [5.74, 6) is 0.0281. The normalized spacial score (nSPS) is 10.4. The van der Waals surface area contributed by atoms with Crippen molar-refractivity contribution in [1.82, 2.24) is 4.98 Å². The Kier molecular flexibility index (Phi) is 2.48. The van der Waals surface area contributed by atoms with E-state index in [0.29, 0.717) is 5.69 Å². The van der Waals surface area contributed by atoms with Crippen LogP contribution >= 0.6 is 22.7 Å². The minimum Gasteiger partial charge on any atom is -0.293 e. The summed E-state index contributed by atoms with van der Waals surface area (Å²) in [6.45, 7) is 3.60. The van der Waals surface area contributed by atoms with Crippen LogP contribution in [-0.4, -0.2) is 10.8 Å². The molecule has 0 aromatic carbocycles. The van der Waals surface area contributed by atoms with E-state index in [1.165, 1.54) is 16.9 Å². The fourth-order valence-corrected chi connectivity index (χ4v) is 2.99. The molecule has 0 amide bonds. The number of thiophene rings is 1. The highest BCUT2D eigenvalue weighted by molar-refractivity contribution is 7.14. The molecule has 0 saturated carbocycles. The van der Waals surface area contributed by atoms with Crippen molar-refractivity contribution in [2.45, 2.75) is 13.8 Å². The van der Waals surface area contributed by atoms with E-state index in [2.05, 4.69) is 22.7 Å². The molecule has 4 heteroatoms. The molecule has 0 aliphatic carbocycles. The van der Waals surface area contributed by atoms with Crippen molar-refractivity contribution in [1.29, 1.82) is 0 Å². The minimum absolute atomic E-state index is 0.0281. The van der Waals surface area contributed by atoms with E-state index < -0.39 is 0 Å². The monoisotopic (exact) mass is 223 g/mol. The minimum atomic E-state index is 0.0281.